The molecule has 2 amide bonds. The topological polar surface area (TPSA) is 77.0 Å². The fourth-order valence-electron chi connectivity index (χ4n) is 3.49. The molecule has 1 aliphatic heterocycles. The van der Waals surface area contributed by atoms with E-state index in [1.165, 1.54) is 24.2 Å². The van der Waals surface area contributed by atoms with Crippen LogP contribution in [0.15, 0.2) is 17.6 Å². The summed E-state index contributed by atoms with van der Waals surface area (Å²) in [6.07, 6.45) is 8.32. The van der Waals surface area contributed by atoms with E-state index in [-0.39, 0.29) is 24.4 Å². The van der Waals surface area contributed by atoms with Crippen molar-refractivity contribution in [2.75, 3.05) is 40.3 Å². The van der Waals surface area contributed by atoms with E-state index in [1.807, 2.05) is 4.90 Å². The highest BCUT2D eigenvalue weighted by atomic mass is 16.2. The molecule has 1 saturated carbocycles. The van der Waals surface area contributed by atoms with Crippen LogP contribution in [0.5, 0.6) is 0 Å². The van der Waals surface area contributed by atoms with E-state index < -0.39 is 0 Å². The maximum Gasteiger partial charge on any atom is 0.243 e. The molecule has 146 valence electrons. The first-order valence-electron chi connectivity index (χ1n) is 9.66. The molecule has 7 nitrogen and oxygen atoms in total. The highest BCUT2D eigenvalue weighted by Crippen LogP contribution is 2.26. The quantitative estimate of drug-likeness (QED) is 0.419. The monoisotopic (exact) mass is 363 g/mol. The summed E-state index contributed by atoms with van der Waals surface area (Å²) in [6.45, 7) is 5.85. The van der Waals surface area contributed by atoms with Gasteiger partial charge in [0, 0.05) is 45.7 Å². The molecule has 1 heterocycles. The van der Waals surface area contributed by atoms with Crippen LogP contribution in [0.2, 0.25) is 0 Å². The van der Waals surface area contributed by atoms with E-state index in [4.69, 9.17) is 0 Å². The number of amides is 2. The largest absolute Gasteiger partial charge is 0.353 e. The fraction of sp³-hybridized carbons (Fsp3) is 0.737. The van der Waals surface area contributed by atoms with Crippen molar-refractivity contribution in [1.82, 2.24) is 20.4 Å². The first-order valence-corrected chi connectivity index (χ1v) is 9.66. The van der Waals surface area contributed by atoms with Gasteiger partial charge in [-0.2, -0.15) is 0 Å². The molecule has 2 aliphatic rings. The third-order valence-corrected chi connectivity index (χ3v) is 5.08. The molecule has 1 unspecified atom stereocenters. The lowest BCUT2D eigenvalue weighted by Gasteiger charge is -2.26. The Morgan fingerprint density at radius 3 is 2.62 bits per heavy atom. The maximum atomic E-state index is 12.7. The van der Waals surface area contributed by atoms with Gasteiger partial charge >= 0.3 is 0 Å². The molecule has 1 atom stereocenters. The van der Waals surface area contributed by atoms with Crippen molar-refractivity contribution in [3.8, 4) is 0 Å². The van der Waals surface area contributed by atoms with Crippen LogP contribution in [0.4, 0.5) is 0 Å². The molecule has 0 aromatic heterocycles. The molecule has 7 heteroatoms. The second-order valence-corrected chi connectivity index (χ2v) is 7.37. The van der Waals surface area contributed by atoms with Gasteiger partial charge in [0.1, 0.15) is 6.54 Å². The molecule has 0 spiro atoms. The van der Waals surface area contributed by atoms with Gasteiger partial charge in [-0.05, 0) is 19.3 Å². The Labute approximate surface area is 156 Å². The van der Waals surface area contributed by atoms with Gasteiger partial charge in [-0.1, -0.05) is 25.3 Å². The van der Waals surface area contributed by atoms with Gasteiger partial charge < -0.3 is 20.4 Å². The molecule has 0 aromatic carbocycles. The standard InChI is InChI=1S/C19H33N5O2/c1-4-11-20-19(21-13-17(25)23(2)3)22-16-10-12-24(14-16)18(26)15-8-6-5-7-9-15/h4,15-16H,1,5-14H2,2-3H3,(H2,20,21,22). The van der Waals surface area contributed by atoms with Crippen molar-refractivity contribution < 1.29 is 9.59 Å². The molecular weight excluding hydrogens is 330 g/mol. The normalized spacial score (nSPS) is 21.4. The lowest BCUT2D eigenvalue weighted by Crippen LogP contribution is -2.46. The summed E-state index contributed by atoms with van der Waals surface area (Å²) in [4.78, 5) is 32.3. The van der Waals surface area contributed by atoms with Crippen molar-refractivity contribution in [3.63, 3.8) is 0 Å². The maximum absolute atomic E-state index is 12.7. The van der Waals surface area contributed by atoms with Gasteiger partial charge in [-0.15, -0.1) is 6.58 Å². The number of nitrogens with one attached hydrogen (secondary N) is 2. The fourth-order valence-corrected chi connectivity index (χ4v) is 3.49. The zero-order valence-electron chi connectivity index (χ0n) is 16.2. The molecule has 2 fully saturated rings. The third kappa shape index (κ3) is 6.04. The summed E-state index contributed by atoms with van der Waals surface area (Å²) >= 11 is 0. The molecule has 0 radical (unpaired) electrons. The molecule has 0 aromatic rings. The summed E-state index contributed by atoms with van der Waals surface area (Å²) in [5.74, 6) is 1.07. The van der Waals surface area contributed by atoms with Crippen molar-refractivity contribution in [3.05, 3.63) is 12.7 Å². The van der Waals surface area contributed by atoms with Crippen molar-refractivity contribution >= 4 is 17.8 Å². The number of rotatable bonds is 6. The molecule has 2 rings (SSSR count). The number of nitrogens with zero attached hydrogens (tertiary/aromatic N) is 3. The second kappa shape index (κ2) is 10.2. The van der Waals surface area contributed by atoms with Crippen LogP contribution in [0, 0.1) is 5.92 Å². The van der Waals surface area contributed by atoms with Crippen LogP contribution in [0.1, 0.15) is 38.5 Å². The lowest BCUT2D eigenvalue weighted by atomic mass is 9.88. The van der Waals surface area contributed by atoms with Crippen LogP contribution in [-0.4, -0.2) is 73.9 Å². The number of likely N-dealkylation sites (N-methyl/N-ethyl adjacent to an activating group) is 1. The van der Waals surface area contributed by atoms with Crippen LogP contribution in [-0.2, 0) is 9.59 Å². The molecule has 1 saturated heterocycles. The van der Waals surface area contributed by atoms with Crippen LogP contribution in [0.25, 0.3) is 0 Å². The predicted molar refractivity (Wildman–Crippen MR) is 104 cm³/mol. The minimum absolute atomic E-state index is 0.0507. The van der Waals surface area contributed by atoms with E-state index in [2.05, 4.69) is 22.2 Å². The Bertz CT molecular complexity index is 526. The summed E-state index contributed by atoms with van der Waals surface area (Å²) < 4.78 is 0. The number of carbonyl (C=O) groups is 2. The Balaban J connectivity index is 1.87. The number of carbonyl (C=O) groups excluding carboxylic acids is 2. The van der Waals surface area contributed by atoms with E-state index in [0.717, 1.165) is 25.8 Å². The zero-order valence-corrected chi connectivity index (χ0v) is 16.2. The Kier molecular flexibility index (Phi) is 7.94. The Morgan fingerprint density at radius 1 is 1.23 bits per heavy atom. The van der Waals surface area contributed by atoms with E-state index in [1.54, 1.807) is 20.2 Å². The van der Waals surface area contributed by atoms with Crippen molar-refractivity contribution in [2.45, 2.75) is 44.6 Å². The van der Waals surface area contributed by atoms with Crippen LogP contribution < -0.4 is 10.6 Å². The molecule has 0 bridgehead atoms. The predicted octanol–water partition coefficient (Wildman–Crippen LogP) is 0.977. The minimum atomic E-state index is -0.0507. The highest BCUT2D eigenvalue weighted by Gasteiger charge is 2.31. The van der Waals surface area contributed by atoms with Gasteiger partial charge in [0.2, 0.25) is 11.8 Å². The highest BCUT2D eigenvalue weighted by molar-refractivity contribution is 5.85. The van der Waals surface area contributed by atoms with Crippen LogP contribution in [0.3, 0.4) is 0 Å². The smallest absolute Gasteiger partial charge is 0.243 e. The van der Waals surface area contributed by atoms with E-state index in [0.29, 0.717) is 25.0 Å². The van der Waals surface area contributed by atoms with E-state index in [9.17, 15) is 9.59 Å². The molecular formula is C19H33N5O2. The SMILES string of the molecule is C=CCNC(=NCC(=O)N(C)C)NC1CCN(C(=O)C2CCCCC2)C1. The minimum Gasteiger partial charge on any atom is -0.353 e. The van der Waals surface area contributed by atoms with Gasteiger partial charge in [-0.25, -0.2) is 4.99 Å². The second-order valence-electron chi connectivity index (χ2n) is 7.37. The number of hydrogen-bond donors (Lipinski definition) is 2. The molecule has 2 N–H and O–H groups in total. The number of aliphatic imine (C=N–C) groups is 1. The number of guanidine groups is 1. The summed E-state index contributed by atoms with van der Waals surface area (Å²) in [7, 11) is 3.43. The summed E-state index contributed by atoms with van der Waals surface area (Å²) in [5.41, 5.74) is 0. The molecule has 1 aliphatic carbocycles. The lowest BCUT2D eigenvalue weighted by molar-refractivity contribution is -0.135. The first kappa shape index (κ1) is 20.3. The summed E-state index contributed by atoms with van der Waals surface area (Å²) in [5, 5.41) is 6.50. The zero-order chi connectivity index (χ0) is 18.9. The van der Waals surface area contributed by atoms with Gasteiger partial charge in [0.05, 0.1) is 0 Å². The average molecular weight is 364 g/mol. The van der Waals surface area contributed by atoms with Gasteiger partial charge in [-0.3, -0.25) is 9.59 Å². The average Bonchev–Trinajstić information content (AvgIpc) is 3.12. The molecule has 26 heavy (non-hydrogen) atoms. The van der Waals surface area contributed by atoms with Gasteiger partial charge in [0.25, 0.3) is 0 Å². The Hall–Kier alpha value is -2.05. The number of likely N-dealkylation sites (tertiary alicyclic amines) is 1. The first-order chi connectivity index (χ1) is 12.5. The van der Waals surface area contributed by atoms with E-state index >= 15 is 0 Å². The summed E-state index contributed by atoms with van der Waals surface area (Å²) in [6, 6.07) is 0.160. The van der Waals surface area contributed by atoms with Crippen molar-refractivity contribution in [1.29, 1.82) is 0 Å². The Morgan fingerprint density at radius 2 is 1.96 bits per heavy atom. The van der Waals surface area contributed by atoms with Crippen LogP contribution >= 0.6 is 0 Å². The van der Waals surface area contributed by atoms with Gasteiger partial charge in [0.15, 0.2) is 5.96 Å². The number of hydrogen-bond acceptors (Lipinski definition) is 3. The van der Waals surface area contributed by atoms with Crippen molar-refractivity contribution in [2.24, 2.45) is 10.9 Å². The third-order valence-electron chi connectivity index (χ3n) is 5.08.